The summed E-state index contributed by atoms with van der Waals surface area (Å²) in [6.07, 6.45) is 1.43. The number of nitrogens with zero attached hydrogens (tertiary/aromatic N) is 2. The molecule has 1 aromatic heterocycles. The van der Waals surface area contributed by atoms with Crippen LogP contribution in [0.3, 0.4) is 0 Å². The van der Waals surface area contributed by atoms with Crippen LogP contribution in [-0.2, 0) is 24.2 Å². The van der Waals surface area contributed by atoms with Gasteiger partial charge in [-0.2, -0.15) is 5.10 Å². The van der Waals surface area contributed by atoms with Crippen LogP contribution in [0.5, 0.6) is 0 Å². The molecule has 0 spiro atoms. The SMILES string of the molecule is O=C(O)[C@@H]1CCc2nn(Cc3ccc(F)cc3)c(=O)cc2C1. The van der Waals surface area contributed by atoms with Crippen molar-refractivity contribution >= 4 is 5.97 Å². The highest BCUT2D eigenvalue weighted by Gasteiger charge is 2.25. The van der Waals surface area contributed by atoms with Gasteiger partial charge in [0.15, 0.2) is 0 Å². The lowest BCUT2D eigenvalue weighted by Crippen LogP contribution is -2.30. The highest BCUT2D eigenvalue weighted by atomic mass is 19.1. The Morgan fingerprint density at radius 1 is 1.36 bits per heavy atom. The molecule has 2 aromatic rings. The number of benzene rings is 1. The van der Waals surface area contributed by atoms with E-state index in [4.69, 9.17) is 5.11 Å². The van der Waals surface area contributed by atoms with Gasteiger partial charge in [0.2, 0.25) is 0 Å². The molecule has 6 heteroatoms. The first-order valence-electron chi connectivity index (χ1n) is 7.10. The third-order valence-electron chi connectivity index (χ3n) is 3.95. The summed E-state index contributed by atoms with van der Waals surface area (Å²) in [6, 6.07) is 7.39. The van der Waals surface area contributed by atoms with E-state index in [9.17, 15) is 14.0 Å². The van der Waals surface area contributed by atoms with Crippen molar-refractivity contribution in [1.82, 2.24) is 9.78 Å². The zero-order chi connectivity index (χ0) is 15.7. The van der Waals surface area contributed by atoms with Gasteiger partial charge in [-0.1, -0.05) is 12.1 Å². The normalized spacial score (nSPS) is 17.0. The number of carbonyl (C=O) groups is 1. The summed E-state index contributed by atoms with van der Waals surface area (Å²) in [7, 11) is 0. The standard InChI is InChI=1S/C16H15FN2O3/c17-13-4-1-10(2-5-13)9-19-15(20)8-12-7-11(16(21)22)3-6-14(12)18-19/h1-2,4-5,8,11H,3,6-7,9H2,(H,21,22)/t11-/m1/s1. The number of carboxylic acids is 1. The topological polar surface area (TPSA) is 72.2 Å². The number of fused-ring (bicyclic) bond motifs is 1. The fraction of sp³-hybridized carbons (Fsp3) is 0.312. The quantitative estimate of drug-likeness (QED) is 0.935. The van der Waals surface area contributed by atoms with Crippen molar-refractivity contribution in [3.63, 3.8) is 0 Å². The molecule has 0 saturated carbocycles. The minimum Gasteiger partial charge on any atom is -0.481 e. The van der Waals surface area contributed by atoms with Crippen molar-refractivity contribution in [2.45, 2.75) is 25.8 Å². The Morgan fingerprint density at radius 2 is 2.09 bits per heavy atom. The first-order valence-corrected chi connectivity index (χ1v) is 7.10. The molecule has 22 heavy (non-hydrogen) atoms. The van der Waals surface area contributed by atoms with E-state index in [2.05, 4.69) is 5.10 Å². The summed E-state index contributed by atoms with van der Waals surface area (Å²) in [5.74, 6) is -1.60. The van der Waals surface area contributed by atoms with Gasteiger partial charge in [-0.3, -0.25) is 9.59 Å². The molecular formula is C16H15FN2O3. The average Bonchev–Trinajstić information content (AvgIpc) is 2.49. The van der Waals surface area contributed by atoms with Crippen LogP contribution in [0, 0.1) is 11.7 Å². The van der Waals surface area contributed by atoms with Gasteiger partial charge >= 0.3 is 5.97 Å². The van der Waals surface area contributed by atoms with Gasteiger partial charge in [0.1, 0.15) is 5.82 Å². The lowest BCUT2D eigenvalue weighted by atomic mass is 9.87. The van der Waals surface area contributed by atoms with Crippen LogP contribution in [0.2, 0.25) is 0 Å². The third kappa shape index (κ3) is 2.90. The molecule has 0 unspecified atom stereocenters. The van der Waals surface area contributed by atoms with E-state index in [0.29, 0.717) is 19.3 Å². The summed E-state index contributed by atoms with van der Waals surface area (Å²) in [6.45, 7) is 0.273. The van der Waals surface area contributed by atoms with E-state index in [1.165, 1.54) is 22.9 Å². The van der Waals surface area contributed by atoms with E-state index in [0.717, 1.165) is 16.8 Å². The molecule has 0 bridgehead atoms. The van der Waals surface area contributed by atoms with Crippen molar-refractivity contribution in [2.24, 2.45) is 5.92 Å². The molecule has 1 aromatic carbocycles. The maximum absolute atomic E-state index is 12.9. The second kappa shape index (κ2) is 5.71. The molecule has 0 saturated heterocycles. The Hall–Kier alpha value is -2.50. The largest absolute Gasteiger partial charge is 0.481 e. The van der Waals surface area contributed by atoms with Crippen LogP contribution in [0.25, 0.3) is 0 Å². The van der Waals surface area contributed by atoms with Crippen LogP contribution < -0.4 is 5.56 Å². The zero-order valence-corrected chi connectivity index (χ0v) is 11.8. The molecule has 1 heterocycles. The average molecular weight is 302 g/mol. The lowest BCUT2D eigenvalue weighted by molar-refractivity contribution is -0.142. The summed E-state index contributed by atoms with van der Waals surface area (Å²) < 4.78 is 14.2. The molecule has 0 fully saturated rings. The van der Waals surface area contributed by atoms with Crippen LogP contribution in [0.4, 0.5) is 4.39 Å². The number of rotatable bonds is 3. The Labute approximate surface area is 126 Å². The number of aromatic nitrogens is 2. The molecule has 114 valence electrons. The Balaban J connectivity index is 1.87. The van der Waals surface area contributed by atoms with Gasteiger partial charge in [0.05, 0.1) is 18.2 Å². The molecular weight excluding hydrogens is 287 g/mol. The zero-order valence-electron chi connectivity index (χ0n) is 11.8. The molecule has 0 aliphatic heterocycles. The minimum atomic E-state index is -0.832. The van der Waals surface area contributed by atoms with Gasteiger partial charge in [-0.25, -0.2) is 9.07 Å². The molecule has 1 aliphatic carbocycles. The number of aliphatic carboxylic acids is 1. The molecule has 1 aliphatic rings. The monoisotopic (exact) mass is 302 g/mol. The van der Waals surface area contributed by atoms with Crippen LogP contribution in [0.1, 0.15) is 23.2 Å². The van der Waals surface area contributed by atoms with Crippen molar-refractivity contribution in [3.05, 3.63) is 63.3 Å². The van der Waals surface area contributed by atoms with E-state index >= 15 is 0 Å². The fourth-order valence-electron chi connectivity index (χ4n) is 2.72. The molecule has 0 radical (unpaired) electrons. The first kappa shape index (κ1) is 14.4. The van der Waals surface area contributed by atoms with Gasteiger partial charge in [0, 0.05) is 6.07 Å². The number of hydrogen-bond acceptors (Lipinski definition) is 3. The number of hydrogen-bond donors (Lipinski definition) is 1. The summed E-state index contributed by atoms with van der Waals surface area (Å²) in [4.78, 5) is 23.2. The van der Waals surface area contributed by atoms with Crippen molar-refractivity contribution in [3.8, 4) is 0 Å². The van der Waals surface area contributed by atoms with Crippen molar-refractivity contribution in [2.75, 3.05) is 0 Å². The maximum Gasteiger partial charge on any atom is 0.306 e. The van der Waals surface area contributed by atoms with E-state index in [1.807, 2.05) is 0 Å². The molecule has 1 N–H and O–H groups in total. The highest BCUT2D eigenvalue weighted by Crippen LogP contribution is 2.23. The summed E-state index contributed by atoms with van der Waals surface area (Å²) >= 11 is 0. The third-order valence-corrected chi connectivity index (χ3v) is 3.95. The van der Waals surface area contributed by atoms with Gasteiger partial charge in [-0.05, 0) is 42.5 Å². The van der Waals surface area contributed by atoms with Gasteiger partial charge in [-0.15, -0.1) is 0 Å². The number of aryl methyl sites for hydroxylation is 1. The van der Waals surface area contributed by atoms with Crippen LogP contribution in [0.15, 0.2) is 35.1 Å². The van der Waals surface area contributed by atoms with Crippen molar-refractivity contribution < 1.29 is 14.3 Å². The molecule has 0 amide bonds. The smallest absolute Gasteiger partial charge is 0.306 e. The summed E-state index contributed by atoms with van der Waals surface area (Å²) in [5.41, 5.74) is 2.02. The Bertz CT molecular complexity index is 768. The highest BCUT2D eigenvalue weighted by molar-refractivity contribution is 5.70. The maximum atomic E-state index is 12.9. The van der Waals surface area contributed by atoms with E-state index in [-0.39, 0.29) is 17.9 Å². The fourth-order valence-corrected chi connectivity index (χ4v) is 2.72. The number of halogens is 1. The Kier molecular flexibility index (Phi) is 3.75. The van der Waals surface area contributed by atoms with E-state index < -0.39 is 11.9 Å². The minimum absolute atomic E-state index is 0.269. The second-order valence-electron chi connectivity index (χ2n) is 5.52. The molecule has 3 rings (SSSR count). The van der Waals surface area contributed by atoms with Crippen LogP contribution in [-0.4, -0.2) is 20.9 Å². The molecule has 1 atom stereocenters. The first-order chi connectivity index (χ1) is 10.5. The van der Waals surface area contributed by atoms with Crippen LogP contribution >= 0.6 is 0 Å². The lowest BCUT2D eigenvalue weighted by Gasteiger charge is -2.21. The second-order valence-corrected chi connectivity index (χ2v) is 5.52. The molecule has 5 nitrogen and oxygen atoms in total. The van der Waals surface area contributed by atoms with Gasteiger partial charge < -0.3 is 5.11 Å². The van der Waals surface area contributed by atoms with Gasteiger partial charge in [0.25, 0.3) is 5.56 Å². The Morgan fingerprint density at radius 3 is 2.77 bits per heavy atom. The number of carboxylic acid groups (broad SMARTS) is 1. The van der Waals surface area contributed by atoms with E-state index in [1.54, 1.807) is 12.1 Å². The van der Waals surface area contributed by atoms with Crippen molar-refractivity contribution in [1.29, 1.82) is 0 Å². The predicted octanol–water partition coefficient (Wildman–Crippen LogP) is 1.62. The summed E-state index contributed by atoms with van der Waals surface area (Å²) in [5, 5.41) is 13.4. The predicted molar refractivity (Wildman–Crippen MR) is 77.1 cm³/mol.